The van der Waals surface area contributed by atoms with Gasteiger partial charge < -0.3 is 15.7 Å². The molecule has 0 aromatic heterocycles. The summed E-state index contributed by atoms with van der Waals surface area (Å²) >= 11 is 0. The quantitative estimate of drug-likeness (QED) is 0.794. The van der Waals surface area contributed by atoms with Gasteiger partial charge in [-0.25, -0.2) is 4.39 Å². The summed E-state index contributed by atoms with van der Waals surface area (Å²) in [6.07, 6.45) is 2.12. The molecule has 1 aliphatic heterocycles. The van der Waals surface area contributed by atoms with Crippen LogP contribution in [0.15, 0.2) is 36.4 Å². The second-order valence-electron chi connectivity index (χ2n) is 5.02. The van der Waals surface area contributed by atoms with Gasteiger partial charge in [-0.05, 0) is 42.7 Å². The molecule has 0 aliphatic carbocycles. The summed E-state index contributed by atoms with van der Waals surface area (Å²) in [4.78, 5) is 12.1. The second-order valence-corrected chi connectivity index (χ2v) is 5.02. The molecule has 0 fully saturated rings. The molecule has 2 aromatic rings. The molecule has 5 heteroatoms. The standard InChI is InChI=1S/C16H15FN2O2/c17-11-4-6-13(15(20)8-11)16(21)19-12-5-3-10-2-1-7-18-14(10)9-12/h3-6,8-9,18,20H,1-2,7H2,(H,19,21). The first kappa shape index (κ1) is 13.4. The number of hydrogen-bond donors (Lipinski definition) is 3. The highest BCUT2D eigenvalue weighted by Gasteiger charge is 2.14. The van der Waals surface area contributed by atoms with Crippen molar-refractivity contribution in [2.75, 3.05) is 17.2 Å². The molecule has 108 valence electrons. The van der Waals surface area contributed by atoms with Crippen LogP contribution in [-0.2, 0) is 6.42 Å². The third kappa shape index (κ3) is 2.81. The molecule has 1 aliphatic rings. The molecular formula is C16H15FN2O2. The van der Waals surface area contributed by atoms with E-state index in [0.717, 1.165) is 37.2 Å². The Labute approximate surface area is 121 Å². The Hall–Kier alpha value is -2.56. The van der Waals surface area contributed by atoms with Gasteiger partial charge in [-0.15, -0.1) is 0 Å². The van der Waals surface area contributed by atoms with E-state index in [4.69, 9.17) is 0 Å². The van der Waals surface area contributed by atoms with Gasteiger partial charge in [0.25, 0.3) is 5.91 Å². The Bertz CT molecular complexity index is 701. The number of carbonyl (C=O) groups excluding carboxylic acids is 1. The summed E-state index contributed by atoms with van der Waals surface area (Å²) in [5, 5.41) is 15.6. The number of aromatic hydroxyl groups is 1. The molecule has 0 saturated carbocycles. The normalized spacial score (nSPS) is 13.2. The monoisotopic (exact) mass is 286 g/mol. The minimum absolute atomic E-state index is 0.0436. The average molecular weight is 286 g/mol. The van der Waals surface area contributed by atoms with Gasteiger partial charge in [0.1, 0.15) is 11.6 Å². The summed E-state index contributed by atoms with van der Waals surface area (Å²) < 4.78 is 12.9. The highest BCUT2D eigenvalue weighted by atomic mass is 19.1. The van der Waals surface area contributed by atoms with Gasteiger partial charge in [0.15, 0.2) is 0 Å². The molecule has 4 nitrogen and oxygen atoms in total. The maximum Gasteiger partial charge on any atom is 0.259 e. The molecule has 3 N–H and O–H groups in total. The summed E-state index contributed by atoms with van der Waals surface area (Å²) in [7, 11) is 0. The van der Waals surface area contributed by atoms with Crippen LogP contribution in [0.25, 0.3) is 0 Å². The van der Waals surface area contributed by atoms with Gasteiger partial charge in [-0.3, -0.25) is 4.79 Å². The fourth-order valence-electron chi connectivity index (χ4n) is 2.43. The smallest absolute Gasteiger partial charge is 0.259 e. The third-order valence-corrected chi connectivity index (χ3v) is 3.51. The molecule has 0 spiro atoms. The lowest BCUT2D eigenvalue weighted by Gasteiger charge is -2.19. The van der Waals surface area contributed by atoms with Crippen LogP contribution in [0.1, 0.15) is 22.3 Å². The Kier molecular flexibility index (Phi) is 3.48. The number of halogens is 1. The largest absolute Gasteiger partial charge is 0.507 e. The van der Waals surface area contributed by atoms with E-state index in [9.17, 15) is 14.3 Å². The van der Waals surface area contributed by atoms with Crippen molar-refractivity contribution in [3.8, 4) is 5.75 Å². The molecule has 2 aromatic carbocycles. The first-order valence-corrected chi connectivity index (χ1v) is 6.80. The molecule has 0 saturated heterocycles. The topological polar surface area (TPSA) is 61.4 Å². The van der Waals surface area contributed by atoms with E-state index < -0.39 is 11.7 Å². The van der Waals surface area contributed by atoms with Crippen molar-refractivity contribution < 1.29 is 14.3 Å². The second kappa shape index (κ2) is 5.44. The zero-order chi connectivity index (χ0) is 14.8. The summed E-state index contributed by atoms with van der Waals surface area (Å²) in [6, 6.07) is 8.99. The average Bonchev–Trinajstić information content (AvgIpc) is 2.47. The zero-order valence-electron chi connectivity index (χ0n) is 11.3. The van der Waals surface area contributed by atoms with Crippen molar-refractivity contribution >= 4 is 17.3 Å². The highest BCUT2D eigenvalue weighted by molar-refractivity contribution is 6.06. The number of aryl methyl sites for hydroxylation is 1. The van der Waals surface area contributed by atoms with Crippen LogP contribution in [0.3, 0.4) is 0 Å². The van der Waals surface area contributed by atoms with Crippen LogP contribution in [0.2, 0.25) is 0 Å². The van der Waals surface area contributed by atoms with Crippen LogP contribution < -0.4 is 10.6 Å². The number of rotatable bonds is 2. The van der Waals surface area contributed by atoms with Crippen LogP contribution in [0, 0.1) is 5.82 Å². The number of fused-ring (bicyclic) bond motifs is 1. The van der Waals surface area contributed by atoms with Gasteiger partial charge in [-0.2, -0.15) is 0 Å². The fraction of sp³-hybridized carbons (Fsp3) is 0.188. The fourth-order valence-corrected chi connectivity index (χ4v) is 2.43. The Morgan fingerprint density at radius 3 is 2.90 bits per heavy atom. The first-order chi connectivity index (χ1) is 10.1. The molecule has 21 heavy (non-hydrogen) atoms. The molecule has 3 rings (SSSR count). The Morgan fingerprint density at radius 1 is 1.24 bits per heavy atom. The third-order valence-electron chi connectivity index (χ3n) is 3.51. The van der Waals surface area contributed by atoms with E-state index in [1.165, 1.54) is 11.6 Å². The molecule has 0 bridgehead atoms. The summed E-state index contributed by atoms with van der Waals surface area (Å²) in [5.41, 5.74) is 2.92. The van der Waals surface area contributed by atoms with Gasteiger partial charge >= 0.3 is 0 Å². The lowest BCUT2D eigenvalue weighted by molar-refractivity contribution is 0.102. The highest BCUT2D eigenvalue weighted by Crippen LogP contribution is 2.26. The van der Waals surface area contributed by atoms with E-state index in [-0.39, 0.29) is 11.3 Å². The minimum atomic E-state index is -0.581. The number of phenols is 1. The number of nitrogens with one attached hydrogen (secondary N) is 2. The number of carbonyl (C=O) groups is 1. The van der Waals surface area contributed by atoms with Gasteiger partial charge in [0, 0.05) is 24.0 Å². The molecule has 0 radical (unpaired) electrons. The minimum Gasteiger partial charge on any atom is -0.507 e. The van der Waals surface area contributed by atoms with Gasteiger partial charge in [-0.1, -0.05) is 6.07 Å². The molecule has 0 atom stereocenters. The lowest BCUT2D eigenvalue weighted by atomic mass is 10.0. The van der Waals surface area contributed by atoms with Crippen molar-refractivity contribution in [3.63, 3.8) is 0 Å². The van der Waals surface area contributed by atoms with Crippen LogP contribution >= 0.6 is 0 Å². The SMILES string of the molecule is O=C(Nc1ccc2c(c1)NCCC2)c1ccc(F)cc1O. The molecular weight excluding hydrogens is 271 g/mol. The van der Waals surface area contributed by atoms with Gasteiger partial charge in [0.2, 0.25) is 0 Å². The van der Waals surface area contributed by atoms with Crippen molar-refractivity contribution in [3.05, 3.63) is 53.3 Å². The summed E-state index contributed by atoms with van der Waals surface area (Å²) in [5.74, 6) is -1.42. The van der Waals surface area contributed by atoms with E-state index >= 15 is 0 Å². The predicted octanol–water partition coefficient (Wildman–Crippen LogP) is 3.14. The first-order valence-electron chi connectivity index (χ1n) is 6.80. The van der Waals surface area contributed by atoms with Crippen molar-refractivity contribution in [2.24, 2.45) is 0 Å². The van der Waals surface area contributed by atoms with Crippen LogP contribution in [0.4, 0.5) is 15.8 Å². The maximum atomic E-state index is 12.9. The van der Waals surface area contributed by atoms with E-state index in [0.29, 0.717) is 5.69 Å². The Balaban J connectivity index is 1.81. The molecule has 1 amide bonds. The van der Waals surface area contributed by atoms with Crippen molar-refractivity contribution in [1.82, 2.24) is 0 Å². The van der Waals surface area contributed by atoms with E-state index in [1.807, 2.05) is 18.2 Å². The number of amides is 1. The van der Waals surface area contributed by atoms with Gasteiger partial charge in [0.05, 0.1) is 5.56 Å². The Morgan fingerprint density at radius 2 is 2.10 bits per heavy atom. The lowest BCUT2D eigenvalue weighted by Crippen LogP contribution is -2.15. The number of benzene rings is 2. The number of hydrogen-bond acceptors (Lipinski definition) is 3. The van der Waals surface area contributed by atoms with Crippen LogP contribution in [-0.4, -0.2) is 17.6 Å². The van der Waals surface area contributed by atoms with E-state index in [1.54, 1.807) is 0 Å². The van der Waals surface area contributed by atoms with Crippen molar-refractivity contribution in [2.45, 2.75) is 12.8 Å². The number of phenolic OH excluding ortho intramolecular Hbond substituents is 1. The zero-order valence-corrected chi connectivity index (χ0v) is 11.3. The predicted molar refractivity (Wildman–Crippen MR) is 79.3 cm³/mol. The summed E-state index contributed by atoms with van der Waals surface area (Å²) in [6.45, 7) is 0.920. The van der Waals surface area contributed by atoms with E-state index in [2.05, 4.69) is 10.6 Å². The van der Waals surface area contributed by atoms with Crippen LogP contribution in [0.5, 0.6) is 5.75 Å². The van der Waals surface area contributed by atoms with Crippen molar-refractivity contribution in [1.29, 1.82) is 0 Å². The number of anilines is 2. The maximum absolute atomic E-state index is 12.9. The molecule has 0 unspecified atom stereocenters. The molecule has 1 heterocycles.